The van der Waals surface area contributed by atoms with Crippen LogP contribution in [-0.4, -0.2) is 47.9 Å². The van der Waals surface area contributed by atoms with Gasteiger partial charge in [-0.05, 0) is 50.1 Å². The molecule has 5 rings (SSSR count). The van der Waals surface area contributed by atoms with Crippen molar-refractivity contribution in [3.05, 3.63) is 75.7 Å². The molecule has 44 heavy (non-hydrogen) atoms. The molecule has 0 fully saturated rings. The molecule has 230 valence electrons. The number of benzene rings is 2. The van der Waals surface area contributed by atoms with E-state index < -0.39 is 23.5 Å². The molecule has 10 nitrogen and oxygen atoms in total. The van der Waals surface area contributed by atoms with E-state index in [9.17, 15) is 19.5 Å². The molecule has 0 saturated carbocycles. The number of Topliss-reactive ketones (excluding diaryl/α,β-unsaturated/α-hetero) is 2. The van der Waals surface area contributed by atoms with Crippen molar-refractivity contribution in [3.8, 4) is 17.2 Å². The van der Waals surface area contributed by atoms with Gasteiger partial charge >= 0.3 is 0 Å². The van der Waals surface area contributed by atoms with Gasteiger partial charge in [0.25, 0.3) is 5.91 Å². The number of aryl methyl sites for hydroxylation is 1. The molecule has 2 aromatic carbocycles. The minimum Gasteiger partial charge on any atom is -0.503 e. The fourth-order valence-electron chi connectivity index (χ4n) is 5.22. The monoisotopic (exact) mass is 618 g/mol. The second-order valence-corrected chi connectivity index (χ2v) is 11.3. The van der Waals surface area contributed by atoms with Gasteiger partial charge in [-0.3, -0.25) is 19.3 Å². The Balaban J connectivity index is 1.64. The van der Waals surface area contributed by atoms with E-state index in [1.165, 1.54) is 18.9 Å². The summed E-state index contributed by atoms with van der Waals surface area (Å²) >= 11 is 1.02. The van der Waals surface area contributed by atoms with Crippen LogP contribution >= 0.6 is 11.3 Å². The number of carbonyl (C=O) groups is 3. The van der Waals surface area contributed by atoms with Crippen LogP contribution in [0, 0.1) is 6.92 Å². The number of para-hydroxylation sites is 1. The lowest BCUT2D eigenvalue weighted by molar-refractivity contribution is -0.117. The highest BCUT2D eigenvalue weighted by Gasteiger charge is 2.47. The summed E-state index contributed by atoms with van der Waals surface area (Å²) < 4.78 is 23.2. The number of furan rings is 1. The molecule has 1 amide bonds. The summed E-state index contributed by atoms with van der Waals surface area (Å²) in [5, 5.41) is 12.1. The number of ether oxygens (including phenoxy) is 3. The van der Waals surface area contributed by atoms with Gasteiger partial charge in [0, 0.05) is 12.3 Å². The topological polar surface area (TPSA) is 128 Å². The first kappa shape index (κ1) is 30.8. The minimum atomic E-state index is -1.11. The van der Waals surface area contributed by atoms with Gasteiger partial charge in [0.15, 0.2) is 45.3 Å². The predicted molar refractivity (Wildman–Crippen MR) is 166 cm³/mol. The molecule has 3 heterocycles. The maximum Gasteiger partial charge on any atom is 0.296 e. The van der Waals surface area contributed by atoms with Gasteiger partial charge < -0.3 is 23.7 Å². The second-order valence-electron chi connectivity index (χ2n) is 10.3. The highest BCUT2D eigenvalue weighted by molar-refractivity contribution is 7.17. The van der Waals surface area contributed by atoms with Crippen LogP contribution < -0.4 is 19.1 Å². The van der Waals surface area contributed by atoms with Crippen molar-refractivity contribution in [1.29, 1.82) is 0 Å². The van der Waals surface area contributed by atoms with E-state index in [1.807, 2.05) is 6.92 Å². The fraction of sp³-hybridized carbons (Fsp3) is 0.333. The maximum absolute atomic E-state index is 14.1. The van der Waals surface area contributed by atoms with Crippen LogP contribution in [0.1, 0.15) is 77.6 Å². The number of methoxy groups -OCH3 is 1. The Bertz CT molecular complexity index is 1770. The van der Waals surface area contributed by atoms with Crippen molar-refractivity contribution >= 4 is 44.9 Å². The van der Waals surface area contributed by atoms with Crippen LogP contribution in [0.25, 0.3) is 11.0 Å². The summed E-state index contributed by atoms with van der Waals surface area (Å²) in [5.74, 6) is -1.13. The van der Waals surface area contributed by atoms with Crippen molar-refractivity contribution in [1.82, 2.24) is 4.98 Å². The van der Waals surface area contributed by atoms with Gasteiger partial charge in [0.05, 0.1) is 42.5 Å². The number of unbranched alkanes of at least 4 members (excludes halogenated alkanes) is 2. The molecule has 1 atom stereocenters. The number of amides is 1. The van der Waals surface area contributed by atoms with Crippen LogP contribution in [0.2, 0.25) is 0 Å². The van der Waals surface area contributed by atoms with Crippen LogP contribution in [-0.2, 0) is 4.79 Å². The third kappa shape index (κ3) is 5.67. The summed E-state index contributed by atoms with van der Waals surface area (Å²) in [7, 11) is 1.50. The zero-order valence-corrected chi connectivity index (χ0v) is 26.1. The maximum atomic E-state index is 14.1. The highest BCUT2D eigenvalue weighted by Crippen LogP contribution is 2.46. The number of anilines is 1. The van der Waals surface area contributed by atoms with Crippen LogP contribution in [0.15, 0.2) is 58.2 Å². The third-order valence-corrected chi connectivity index (χ3v) is 8.56. The van der Waals surface area contributed by atoms with E-state index in [2.05, 4.69) is 11.9 Å². The van der Waals surface area contributed by atoms with E-state index in [4.69, 9.17) is 18.6 Å². The number of aromatic nitrogens is 1. The number of aliphatic hydroxyl groups is 1. The number of carbonyl (C=O) groups excluding carboxylic acids is 3. The zero-order valence-electron chi connectivity index (χ0n) is 25.3. The zero-order chi connectivity index (χ0) is 31.5. The van der Waals surface area contributed by atoms with Crippen LogP contribution in [0.5, 0.6) is 17.2 Å². The Hall–Kier alpha value is -4.64. The van der Waals surface area contributed by atoms with Crippen molar-refractivity contribution < 1.29 is 38.1 Å². The summed E-state index contributed by atoms with van der Waals surface area (Å²) in [6.45, 7) is 7.91. The Morgan fingerprint density at radius 2 is 1.86 bits per heavy atom. The number of hydrogen-bond acceptors (Lipinski definition) is 10. The molecule has 2 aromatic heterocycles. The van der Waals surface area contributed by atoms with Gasteiger partial charge in [-0.15, -0.1) is 0 Å². The van der Waals surface area contributed by atoms with E-state index in [0.717, 1.165) is 30.6 Å². The quantitative estimate of drug-likeness (QED) is 0.123. The molecule has 0 bridgehead atoms. The smallest absolute Gasteiger partial charge is 0.296 e. The molecule has 1 unspecified atom stereocenters. The van der Waals surface area contributed by atoms with E-state index in [-0.39, 0.29) is 22.2 Å². The average Bonchev–Trinajstić information content (AvgIpc) is 3.69. The normalized spacial score (nSPS) is 14.9. The summed E-state index contributed by atoms with van der Waals surface area (Å²) in [5.41, 5.74) is 1.09. The fourth-order valence-corrected chi connectivity index (χ4v) is 6.21. The van der Waals surface area contributed by atoms with E-state index in [0.29, 0.717) is 57.6 Å². The average molecular weight is 619 g/mol. The Kier molecular flexibility index (Phi) is 9.05. The number of ketones is 2. The molecule has 1 N–H and O–H groups in total. The molecular weight excluding hydrogens is 584 g/mol. The van der Waals surface area contributed by atoms with Gasteiger partial charge in [0.2, 0.25) is 5.78 Å². The summed E-state index contributed by atoms with van der Waals surface area (Å²) in [4.78, 5) is 46.2. The van der Waals surface area contributed by atoms with Crippen molar-refractivity contribution in [2.24, 2.45) is 0 Å². The van der Waals surface area contributed by atoms with Gasteiger partial charge in [-0.2, -0.15) is 0 Å². The van der Waals surface area contributed by atoms with Crippen LogP contribution in [0.3, 0.4) is 0 Å². The number of aliphatic hydroxyl groups excluding tert-OH is 1. The van der Waals surface area contributed by atoms with Crippen molar-refractivity contribution in [2.75, 3.05) is 25.2 Å². The van der Waals surface area contributed by atoms with Crippen LogP contribution in [0.4, 0.5) is 5.13 Å². The first-order chi connectivity index (χ1) is 21.2. The number of fused-ring (bicyclic) bond motifs is 1. The minimum absolute atomic E-state index is 0.0775. The highest BCUT2D eigenvalue weighted by atomic mass is 32.1. The molecule has 1 aliphatic rings. The predicted octanol–water partition coefficient (Wildman–Crippen LogP) is 7.16. The summed E-state index contributed by atoms with van der Waals surface area (Å²) in [6, 6.07) is 10.8. The number of thiazole rings is 1. The van der Waals surface area contributed by atoms with Crippen molar-refractivity contribution in [3.63, 3.8) is 0 Å². The lowest BCUT2D eigenvalue weighted by Gasteiger charge is -2.25. The molecule has 0 spiro atoms. The Labute approximate surface area is 258 Å². The van der Waals surface area contributed by atoms with E-state index >= 15 is 0 Å². The Morgan fingerprint density at radius 3 is 2.55 bits per heavy atom. The molecule has 1 aliphatic heterocycles. The standard InChI is InChI=1S/C33H34N2O8S/c1-6-8-9-15-42-22-14-13-20(16-24(22)41-7-2)27-26(28(37)25-17-21-11-10-12-23(40-5)30(21)43-25)29(38)32(39)35(27)33-34-18(3)31(44-33)19(4)36/h10-14,16-17,27,38H,6-9,15H2,1-5H3. The summed E-state index contributed by atoms with van der Waals surface area (Å²) in [6.07, 6.45) is 2.96. The molecule has 0 aliphatic carbocycles. The largest absolute Gasteiger partial charge is 0.503 e. The lowest BCUT2D eigenvalue weighted by Crippen LogP contribution is -2.31. The Morgan fingerprint density at radius 1 is 1.07 bits per heavy atom. The van der Waals surface area contributed by atoms with Gasteiger partial charge in [-0.1, -0.05) is 49.3 Å². The third-order valence-electron chi connectivity index (χ3n) is 7.30. The van der Waals surface area contributed by atoms with Gasteiger partial charge in [-0.25, -0.2) is 4.98 Å². The SMILES string of the molecule is CCCCCOc1ccc(C2C(C(=O)c3cc4cccc(OC)c4o3)=C(O)C(=O)N2c2nc(C)c(C(C)=O)s2)cc1OCC. The van der Waals surface area contributed by atoms with Gasteiger partial charge in [0.1, 0.15) is 0 Å². The number of hydrogen-bond donors (Lipinski definition) is 1. The molecule has 0 radical (unpaired) electrons. The number of nitrogens with zero attached hydrogens (tertiary/aromatic N) is 2. The second kappa shape index (κ2) is 12.9. The molecule has 11 heteroatoms. The van der Waals surface area contributed by atoms with Crippen molar-refractivity contribution in [2.45, 2.75) is 53.0 Å². The first-order valence-corrected chi connectivity index (χ1v) is 15.3. The molecule has 4 aromatic rings. The number of rotatable bonds is 13. The molecule has 0 saturated heterocycles. The molecular formula is C33H34N2O8S. The lowest BCUT2D eigenvalue weighted by atomic mass is 9.95. The van der Waals surface area contributed by atoms with E-state index in [1.54, 1.807) is 49.4 Å². The first-order valence-electron chi connectivity index (χ1n) is 14.5.